The molecule has 0 spiro atoms. The Labute approximate surface area is 113 Å². The molecule has 1 atom stereocenters. The maximum Gasteiger partial charge on any atom is 0.230 e. The van der Waals surface area contributed by atoms with Crippen LogP contribution < -0.4 is 5.32 Å². The minimum absolute atomic E-state index is 0.0668. The van der Waals surface area contributed by atoms with Gasteiger partial charge in [0.1, 0.15) is 11.7 Å². The van der Waals surface area contributed by atoms with Gasteiger partial charge in [-0.2, -0.15) is 0 Å². The number of amides is 1. The van der Waals surface area contributed by atoms with E-state index in [4.69, 9.17) is 0 Å². The van der Waals surface area contributed by atoms with Gasteiger partial charge in [-0.3, -0.25) is 14.6 Å². The lowest BCUT2D eigenvalue weighted by atomic mass is 9.94. The molecular formula is C15H20N2O2. The van der Waals surface area contributed by atoms with Gasteiger partial charge in [-0.1, -0.05) is 19.6 Å². The number of aryl methyl sites for hydroxylation is 1. The summed E-state index contributed by atoms with van der Waals surface area (Å²) in [6.45, 7) is 7.36. The average Bonchev–Trinajstić information content (AvgIpc) is 2.42. The molecule has 0 aromatic carbocycles. The van der Waals surface area contributed by atoms with Gasteiger partial charge in [-0.05, 0) is 24.6 Å². The van der Waals surface area contributed by atoms with Crippen molar-refractivity contribution in [1.82, 2.24) is 10.3 Å². The van der Waals surface area contributed by atoms with Crippen LogP contribution in [0.15, 0.2) is 18.7 Å². The minimum Gasteiger partial charge on any atom is -0.359 e. The van der Waals surface area contributed by atoms with Crippen molar-refractivity contribution >= 4 is 17.8 Å². The number of carbonyl (C=O) groups is 2. The summed E-state index contributed by atoms with van der Waals surface area (Å²) in [4.78, 5) is 28.0. The molecule has 1 unspecified atom stereocenters. The van der Waals surface area contributed by atoms with E-state index in [1.807, 2.05) is 19.1 Å². The topological polar surface area (TPSA) is 59.1 Å². The van der Waals surface area contributed by atoms with Gasteiger partial charge in [0.15, 0.2) is 0 Å². The zero-order valence-electron chi connectivity index (χ0n) is 11.7. The molecule has 1 N–H and O–H groups in total. The molecule has 102 valence electrons. The van der Waals surface area contributed by atoms with E-state index in [1.54, 1.807) is 13.0 Å². The smallest absolute Gasteiger partial charge is 0.230 e. The molecule has 0 fully saturated rings. The van der Waals surface area contributed by atoms with Crippen LogP contribution in [-0.2, 0) is 16.0 Å². The number of pyridine rings is 1. The summed E-state index contributed by atoms with van der Waals surface area (Å²) in [5.41, 5.74) is 2.54. The second-order valence-electron chi connectivity index (χ2n) is 4.43. The average molecular weight is 260 g/mol. The van der Waals surface area contributed by atoms with Crippen LogP contribution in [0.3, 0.4) is 0 Å². The van der Waals surface area contributed by atoms with Crippen LogP contribution in [0, 0.1) is 12.8 Å². The summed E-state index contributed by atoms with van der Waals surface area (Å²) in [5, 5.41) is 2.54. The molecule has 0 aliphatic carbocycles. The molecule has 0 bridgehead atoms. The number of nitrogens with one attached hydrogen (secondary N) is 1. The lowest BCUT2D eigenvalue weighted by Crippen LogP contribution is -2.34. The molecular weight excluding hydrogens is 240 g/mol. The summed E-state index contributed by atoms with van der Waals surface area (Å²) in [5.74, 6) is -0.986. The fourth-order valence-electron chi connectivity index (χ4n) is 1.97. The highest BCUT2D eigenvalue weighted by molar-refractivity contribution is 6.01. The van der Waals surface area contributed by atoms with Crippen LogP contribution in [0.1, 0.15) is 30.3 Å². The van der Waals surface area contributed by atoms with Gasteiger partial charge in [-0.25, -0.2) is 0 Å². The number of rotatable bonds is 6. The zero-order valence-corrected chi connectivity index (χ0v) is 11.7. The molecule has 1 heterocycles. The third-order valence-corrected chi connectivity index (χ3v) is 2.98. The molecule has 0 saturated heterocycles. The number of nitrogens with zero attached hydrogens (tertiary/aromatic N) is 1. The monoisotopic (exact) mass is 260 g/mol. The Bertz CT molecular complexity index is 479. The van der Waals surface area contributed by atoms with Gasteiger partial charge >= 0.3 is 0 Å². The Morgan fingerprint density at radius 2 is 2.16 bits per heavy atom. The summed E-state index contributed by atoms with van der Waals surface area (Å²) in [6.07, 6.45) is 2.40. The van der Waals surface area contributed by atoms with Crippen LogP contribution in [0.4, 0.5) is 0 Å². The molecule has 0 saturated carbocycles. The van der Waals surface area contributed by atoms with Gasteiger partial charge in [0.25, 0.3) is 0 Å². The van der Waals surface area contributed by atoms with Crippen molar-refractivity contribution in [2.45, 2.75) is 26.7 Å². The van der Waals surface area contributed by atoms with Crippen molar-refractivity contribution in [2.75, 3.05) is 7.05 Å². The van der Waals surface area contributed by atoms with Crippen LogP contribution in [-0.4, -0.2) is 23.7 Å². The van der Waals surface area contributed by atoms with E-state index in [-0.39, 0.29) is 11.7 Å². The summed E-state index contributed by atoms with van der Waals surface area (Å²) in [7, 11) is 1.54. The minimum atomic E-state index is -0.665. The molecule has 1 aromatic rings. The van der Waals surface area contributed by atoms with E-state index in [0.29, 0.717) is 12.8 Å². The maximum absolute atomic E-state index is 11.8. The molecule has 0 aliphatic rings. The first-order valence-corrected chi connectivity index (χ1v) is 6.36. The Hall–Kier alpha value is -1.97. The van der Waals surface area contributed by atoms with Crippen LogP contribution >= 0.6 is 0 Å². The molecule has 0 radical (unpaired) electrons. The Balaban J connectivity index is 3.02. The fourth-order valence-corrected chi connectivity index (χ4v) is 1.97. The standard InChI is InChI=1S/C15H20N2O2/c1-5-11-7-10(3)17-12(8-11)9-13(14(18)6-2)15(19)16-4/h5,7-8,13H,1,6,9H2,2-4H3,(H,16,19). The number of carbonyl (C=O) groups excluding carboxylic acids is 2. The van der Waals surface area contributed by atoms with Crippen molar-refractivity contribution in [1.29, 1.82) is 0 Å². The van der Waals surface area contributed by atoms with Crippen molar-refractivity contribution < 1.29 is 9.59 Å². The number of Topliss-reactive ketones (excluding diaryl/α,β-unsaturated/α-hetero) is 1. The lowest BCUT2D eigenvalue weighted by molar-refractivity contribution is -0.133. The zero-order chi connectivity index (χ0) is 14.4. The van der Waals surface area contributed by atoms with E-state index < -0.39 is 5.92 Å². The highest BCUT2D eigenvalue weighted by Gasteiger charge is 2.25. The molecule has 4 nitrogen and oxygen atoms in total. The Morgan fingerprint density at radius 1 is 1.47 bits per heavy atom. The van der Waals surface area contributed by atoms with Gasteiger partial charge < -0.3 is 5.32 Å². The summed E-state index contributed by atoms with van der Waals surface area (Å²) in [6, 6.07) is 3.77. The fraction of sp³-hybridized carbons (Fsp3) is 0.400. The highest BCUT2D eigenvalue weighted by Crippen LogP contribution is 2.14. The first-order chi connectivity index (χ1) is 9.01. The summed E-state index contributed by atoms with van der Waals surface area (Å²) < 4.78 is 0. The highest BCUT2D eigenvalue weighted by atomic mass is 16.2. The predicted molar refractivity (Wildman–Crippen MR) is 75.6 cm³/mol. The molecule has 1 amide bonds. The molecule has 19 heavy (non-hydrogen) atoms. The summed E-state index contributed by atoms with van der Waals surface area (Å²) >= 11 is 0. The molecule has 1 aromatic heterocycles. The van der Waals surface area contributed by atoms with E-state index in [0.717, 1.165) is 17.0 Å². The number of ketones is 1. The van der Waals surface area contributed by atoms with Crippen LogP contribution in [0.2, 0.25) is 0 Å². The van der Waals surface area contributed by atoms with Gasteiger partial charge in [-0.15, -0.1) is 0 Å². The van der Waals surface area contributed by atoms with Gasteiger partial charge in [0.2, 0.25) is 5.91 Å². The van der Waals surface area contributed by atoms with Crippen molar-refractivity contribution in [2.24, 2.45) is 5.92 Å². The normalized spacial score (nSPS) is 11.7. The molecule has 1 rings (SSSR count). The maximum atomic E-state index is 11.8. The first kappa shape index (κ1) is 15.1. The van der Waals surface area contributed by atoms with E-state index in [9.17, 15) is 9.59 Å². The molecule has 4 heteroatoms. The van der Waals surface area contributed by atoms with Crippen molar-refractivity contribution in [3.05, 3.63) is 35.7 Å². The SMILES string of the molecule is C=Cc1cc(C)nc(CC(C(=O)CC)C(=O)NC)c1. The van der Waals surface area contributed by atoms with Gasteiger partial charge in [0, 0.05) is 31.3 Å². The first-order valence-electron chi connectivity index (χ1n) is 6.36. The number of aromatic nitrogens is 1. The Kier molecular flexibility index (Phi) is 5.42. The van der Waals surface area contributed by atoms with E-state index in [2.05, 4.69) is 16.9 Å². The number of hydrogen-bond donors (Lipinski definition) is 1. The second-order valence-corrected chi connectivity index (χ2v) is 4.43. The van der Waals surface area contributed by atoms with Crippen molar-refractivity contribution in [3.63, 3.8) is 0 Å². The van der Waals surface area contributed by atoms with Gasteiger partial charge in [0.05, 0.1) is 0 Å². The third kappa shape index (κ3) is 4.02. The van der Waals surface area contributed by atoms with Crippen LogP contribution in [0.5, 0.6) is 0 Å². The molecule has 0 aliphatic heterocycles. The van der Waals surface area contributed by atoms with E-state index >= 15 is 0 Å². The second kappa shape index (κ2) is 6.83. The van der Waals surface area contributed by atoms with E-state index in [1.165, 1.54) is 7.05 Å². The third-order valence-electron chi connectivity index (χ3n) is 2.98. The largest absolute Gasteiger partial charge is 0.359 e. The quantitative estimate of drug-likeness (QED) is 0.795. The predicted octanol–water partition coefficient (Wildman–Crippen LogP) is 1.92. The Morgan fingerprint density at radius 3 is 2.68 bits per heavy atom. The van der Waals surface area contributed by atoms with Crippen molar-refractivity contribution in [3.8, 4) is 0 Å². The number of hydrogen-bond acceptors (Lipinski definition) is 3. The lowest BCUT2D eigenvalue weighted by Gasteiger charge is -2.13. The van der Waals surface area contributed by atoms with Crippen LogP contribution in [0.25, 0.3) is 6.08 Å².